The molecule has 6 rings (SSSR count). The number of aromatic nitrogens is 5. The highest BCUT2D eigenvalue weighted by molar-refractivity contribution is 6.30. The van der Waals surface area contributed by atoms with Gasteiger partial charge in [0.25, 0.3) is 5.79 Å². The van der Waals surface area contributed by atoms with Crippen molar-refractivity contribution in [2.45, 2.75) is 51.1 Å². The first-order valence-corrected chi connectivity index (χ1v) is 13.3. The van der Waals surface area contributed by atoms with E-state index in [1.54, 1.807) is 24.4 Å². The number of para-hydroxylation sites is 1. The molecule has 0 amide bonds. The summed E-state index contributed by atoms with van der Waals surface area (Å²) in [7, 11) is 0. The predicted octanol–water partition coefficient (Wildman–Crippen LogP) is 6.27. The zero-order valence-corrected chi connectivity index (χ0v) is 22.6. The molecule has 0 spiro atoms. The molecular weight excluding hydrogens is 545 g/mol. The number of nitrogens with zero attached hydrogens (tertiary/aromatic N) is 5. The first kappa shape index (κ1) is 26.5. The quantitative estimate of drug-likeness (QED) is 0.303. The molecule has 3 aromatic heterocycles. The van der Waals surface area contributed by atoms with Gasteiger partial charge in [-0.05, 0) is 68.6 Å². The van der Waals surface area contributed by atoms with Gasteiger partial charge in [-0.1, -0.05) is 23.7 Å². The van der Waals surface area contributed by atoms with Gasteiger partial charge in [0.15, 0.2) is 17.3 Å². The number of H-pyrrole nitrogens is 1. The maximum Gasteiger partial charge on any atom is 0.451 e. The monoisotopic (exact) mass is 570 g/mol. The zero-order chi connectivity index (χ0) is 28.1. The molecule has 0 radical (unpaired) electrons. The standard InChI is InChI=1S/C28H26ClF3N6O2/c1-16-12-18(25-35-26(37-36-25)28(30,31)32)13-33-21(16)15-38-10-8-17(9-11-38)20-4-3-5-22-24(20)40-27(2,39-22)23-7-6-19(29)14-34-23/h3-7,12-14,17H,8-11,15H2,1-2H3,(H,35,36,37)/t27-/m0/s1. The number of fused-ring (bicyclic) bond motifs is 1. The smallest absolute Gasteiger partial charge is 0.443 e. The lowest BCUT2D eigenvalue weighted by Gasteiger charge is -2.32. The predicted molar refractivity (Wildman–Crippen MR) is 141 cm³/mol. The second-order valence-corrected chi connectivity index (χ2v) is 10.7. The third-order valence-electron chi connectivity index (χ3n) is 7.42. The number of alkyl halides is 3. The van der Waals surface area contributed by atoms with Gasteiger partial charge in [-0.25, -0.2) is 0 Å². The summed E-state index contributed by atoms with van der Waals surface area (Å²) in [5, 5.41) is 7.37. The van der Waals surface area contributed by atoms with E-state index in [9.17, 15) is 13.2 Å². The van der Waals surface area contributed by atoms with Gasteiger partial charge in [0.2, 0.25) is 5.82 Å². The summed E-state index contributed by atoms with van der Waals surface area (Å²) < 4.78 is 51.2. The lowest BCUT2D eigenvalue weighted by molar-refractivity contribution is -0.144. The van der Waals surface area contributed by atoms with E-state index in [0.717, 1.165) is 48.5 Å². The van der Waals surface area contributed by atoms with Crippen LogP contribution in [0.4, 0.5) is 13.2 Å². The maximum absolute atomic E-state index is 12.9. The fraction of sp³-hybridized carbons (Fsp3) is 0.357. The highest BCUT2D eigenvalue weighted by Crippen LogP contribution is 2.49. The molecule has 12 heteroatoms. The van der Waals surface area contributed by atoms with E-state index in [-0.39, 0.29) is 5.82 Å². The van der Waals surface area contributed by atoms with Gasteiger partial charge >= 0.3 is 6.18 Å². The van der Waals surface area contributed by atoms with Crippen molar-refractivity contribution < 1.29 is 22.6 Å². The molecule has 1 aromatic carbocycles. The van der Waals surface area contributed by atoms with Gasteiger partial charge in [0.1, 0.15) is 5.69 Å². The maximum atomic E-state index is 12.9. The number of hydrogen-bond acceptors (Lipinski definition) is 7. The summed E-state index contributed by atoms with van der Waals surface area (Å²) >= 11 is 6.01. The van der Waals surface area contributed by atoms with E-state index in [2.05, 4.69) is 36.1 Å². The number of aryl methyl sites for hydroxylation is 1. The molecule has 8 nitrogen and oxygen atoms in total. The van der Waals surface area contributed by atoms with Crippen molar-refractivity contribution in [3.8, 4) is 22.9 Å². The van der Waals surface area contributed by atoms with Crippen LogP contribution in [0.15, 0.2) is 48.8 Å². The van der Waals surface area contributed by atoms with E-state index in [1.165, 1.54) is 6.20 Å². The molecule has 0 saturated carbocycles. The fourth-order valence-electron chi connectivity index (χ4n) is 5.25. The Balaban J connectivity index is 1.11. The minimum absolute atomic E-state index is 0.0415. The first-order chi connectivity index (χ1) is 19.1. The third kappa shape index (κ3) is 5.11. The Morgan fingerprint density at radius 2 is 1.88 bits per heavy atom. The second-order valence-electron chi connectivity index (χ2n) is 10.2. The lowest BCUT2D eigenvalue weighted by Crippen LogP contribution is -2.34. The Bertz CT molecular complexity index is 1540. The van der Waals surface area contributed by atoms with Crippen LogP contribution in [0.5, 0.6) is 11.5 Å². The average molecular weight is 571 g/mol. The Hall–Kier alpha value is -3.70. The van der Waals surface area contributed by atoms with E-state index in [1.807, 2.05) is 26.0 Å². The van der Waals surface area contributed by atoms with E-state index in [0.29, 0.717) is 34.5 Å². The summed E-state index contributed by atoms with van der Waals surface area (Å²) in [5.41, 5.74) is 3.99. The van der Waals surface area contributed by atoms with Gasteiger partial charge in [0, 0.05) is 37.0 Å². The minimum atomic E-state index is -4.58. The molecule has 2 aliphatic heterocycles. The van der Waals surface area contributed by atoms with Crippen molar-refractivity contribution in [3.05, 3.63) is 82.2 Å². The fourth-order valence-corrected chi connectivity index (χ4v) is 5.36. The SMILES string of the molecule is Cc1cc(-c2nnc(C(F)(F)F)[nH]2)cnc1CN1CCC(c2cccc3c2O[C@@](C)(c2ccc(Cl)cn2)O3)CC1. The molecule has 2 aliphatic rings. The van der Waals surface area contributed by atoms with Crippen LogP contribution >= 0.6 is 11.6 Å². The number of pyridine rings is 2. The van der Waals surface area contributed by atoms with Crippen molar-refractivity contribution in [3.63, 3.8) is 0 Å². The molecule has 1 atom stereocenters. The number of rotatable bonds is 5. The van der Waals surface area contributed by atoms with E-state index < -0.39 is 17.8 Å². The average Bonchev–Trinajstić information content (AvgIpc) is 3.56. The summed E-state index contributed by atoms with van der Waals surface area (Å²) in [4.78, 5) is 13.5. The van der Waals surface area contributed by atoms with Crippen LogP contribution in [0.1, 0.15) is 54.0 Å². The molecule has 0 unspecified atom stereocenters. The number of halogens is 4. The summed E-state index contributed by atoms with van der Waals surface area (Å²) in [6.45, 7) is 6.14. The van der Waals surface area contributed by atoms with Crippen molar-refractivity contribution >= 4 is 11.6 Å². The minimum Gasteiger partial charge on any atom is -0.443 e. The number of nitrogens with one attached hydrogen (secondary N) is 1. The van der Waals surface area contributed by atoms with Crippen molar-refractivity contribution in [1.82, 2.24) is 30.0 Å². The molecule has 1 fully saturated rings. The topological polar surface area (TPSA) is 89.1 Å². The van der Waals surface area contributed by atoms with Gasteiger partial charge < -0.3 is 14.5 Å². The summed E-state index contributed by atoms with van der Waals surface area (Å²) in [5.74, 6) is -0.345. The Kier molecular flexibility index (Phi) is 6.66. The van der Waals surface area contributed by atoms with Crippen LogP contribution < -0.4 is 9.47 Å². The Morgan fingerprint density at radius 3 is 2.55 bits per heavy atom. The zero-order valence-electron chi connectivity index (χ0n) is 21.8. The van der Waals surface area contributed by atoms with Crippen LogP contribution in [0.3, 0.4) is 0 Å². The molecule has 5 heterocycles. The summed E-state index contributed by atoms with van der Waals surface area (Å²) in [6, 6.07) is 11.4. The van der Waals surface area contributed by atoms with E-state index in [4.69, 9.17) is 21.1 Å². The number of likely N-dealkylation sites (tertiary alicyclic amines) is 1. The van der Waals surface area contributed by atoms with Crippen LogP contribution in [-0.4, -0.2) is 43.1 Å². The molecular formula is C28H26ClF3N6O2. The van der Waals surface area contributed by atoms with Gasteiger partial charge in [-0.2, -0.15) is 13.2 Å². The normalized spacial score (nSPS) is 19.8. The summed E-state index contributed by atoms with van der Waals surface area (Å²) in [6.07, 6.45) is 0.409. The molecule has 40 heavy (non-hydrogen) atoms. The number of hydrogen-bond donors (Lipinski definition) is 1. The van der Waals surface area contributed by atoms with Crippen molar-refractivity contribution in [1.29, 1.82) is 0 Å². The van der Waals surface area contributed by atoms with Crippen LogP contribution in [0, 0.1) is 6.92 Å². The number of piperidine rings is 1. The molecule has 1 saturated heterocycles. The van der Waals surface area contributed by atoms with Gasteiger partial charge in [-0.3, -0.25) is 14.9 Å². The molecule has 1 N–H and O–H groups in total. The molecule has 208 valence electrons. The van der Waals surface area contributed by atoms with E-state index >= 15 is 0 Å². The Labute approximate surface area is 233 Å². The molecule has 0 bridgehead atoms. The van der Waals surface area contributed by atoms with Crippen LogP contribution in [-0.2, 0) is 18.5 Å². The highest BCUT2D eigenvalue weighted by Gasteiger charge is 2.42. The number of benzene rings is 1. The number of ether oxygens (including phenoxy) is 2. The van der Waals surface area contributed by atoms with Crippen molar-refractivity contribution in [2.75, 3.05) is 13.1 Å². The molecule has 0 aliphatic carbocycles. The van der Waals surface area contributed by atoms with Gasteiger partial charge in [0.05, 0.1) is 10.7 Å². The van der Waals surface area contributed by atoms with Gasteiger partial charge in [-0.15, -0.1) is 10.2 Å². The second kappa shape index (κ2) is 10.0. The Morgan fingerprint density at radius 1 is 1.07 bits per heavy atom. The van der Waals surface area contributed by atoms with Crippen LogP contribution in [0.25, 0.3) is 11.4 Å². The van der Waals surface area contributed by atoms with Crippen LogP contribution in [0.2, 0.25) is 5.02 Å². The number of aromatic amines is 1. The first-order valence-electron chi connectivity index (χ1n) is 12.9. The largest absolute Gasteiger partial charge is 0.451 e. The third-order valence-corrected chi connectivity index (χ3v) is 7.64. The lowest BCUT2D eigenvalue weighted by atomic mass is 9.88. The molecule has 4 aromatic rings. The highest BCUT2D eigenvalue weighted by atomic mass is 35.5. The van der Waals surface area contributed by atoms with Crippen molar-refractivity contribution in [2.24, 2.45) is 0 Å².